The van der Waals surface area contributed by atoms with Gasteiger partial charge in [0.1, 0.15) is 18.1 Å². The van der Waals surface area contributed by atoms with E-state index in [9.17, 15) is 9.90 Å². The van der Waals surface area contributed by atoms with Gasteiger partial charge in [0.2, 0.25) is 0 Å². The van der Waals surface area contributed by atoms with Crippen molar-refractivity contribution in [3.8, 4) is 0 Å². The lowest BCUT2D eigenvalue weighted by atomic mass is 9.90. The second kappa shape index (κ2) is 5.17. The third-order valence-corrected chi connectivity index (χ3v) is 4.25. The third-order valence-electron chi connectivity index (χ3n) is 4.25. The maximum Gasteiger partial charge on any atom is 0.314 e. The number of aliphatic hydroxyl groups excluding tert-OH is 2. The highest BCUT2D eigenvalue weighted by molar-refractivity contribution is 5.77. The lowest BCUT2D eigenvalue weighted by Gasteiger charge is -2.29. The minimum absolute atomic E-state index is 0.0995. The summed E-state index contributed by atoms with van der Waals surface area (Å²) in [6.45, 7) is 6.17. The number of ether oxygens (including phenoxy) is 2. The molecule has 3 aliphatic rings. The average Bonchev–Trinajstić information content (AvgIpc) is 3.00. The first-order chi connectivity index (χ1) is 9.81. The summed E-state index contributed by atoms with van der Waals surface area (Å²) in [7, 11) is 0. The molecule has 120 valence electrons. The standard InChI is InChI=1S/C14H23NO6/c1-14(2,3)20-8-4-5-15-10(8)9-12(21-15)11(7(17)6-16)19-13(9)18/h7-12,16-17H,4-6H2,1-3H3/t7-,8+,9-,10-,11+,12+/m1/s1. The van der Waals surface area contributed by atoms with Gasteiger partial charge in [0, 0.05) is 6.54 Å². The van der Waals surface area contributed by atoms with Crippen molar-refractivity contribution in [1.29, 1.82) is 0 Å². The number of nitrogens with zero attached hydrogens (tertiary/aromatic N) is 1. The van der Waals surface area contributed by atoms with E-state index in [1.165, 1.54) is 0 Å². The van der Waals surface area contributed by atoms with Crippen molar-refractivity contribution in [3.63, 3.8) is 0 Å². The first-order valence-electron chi connectivity index (χ1n) is 7.42. The van der Waals surface area contributed by atoms with Crippen molar-refractivity contribution in [2.45, 2.75) is 63.3 Å². The van der Waals surface area contributed by atoms with E-state index < -0.39 is 30.8 Å². The molecule has 6 atom stereocenters. The molecule has 0 saturated carbocycles. The zero-order valence-electron chi connectivity index (χ0n) is 12.6. The SMILES string of the molecule is CC(C)(C)O[C@H]1CCN2O[C@@H]3[C@H]([C@H](O)CO)OC(=O)[C@@H]3[C@@H]12. The van der Waals surface area contributed by atoms with Crippen LogP contribution in [0.25, 0.3) is 0 Å². The van der Waals surface area contributed by atoms with Crippen LogP contribution in [-0.2, 0) is 19.1 Å². The summed E-state index contributed by atoms with van der Waals surface area (Å²) in [6, 6.07) is -0.183. The Hall–Kier alpha value is -0.730. The summed E-state index contributed by atoms with van der Waals surface area (Å²) in [4.78, 5) is 18.0. The number of cyclic esters (lactones) is 1. The van der Waals surface area contributed by atoms with Crippen molar-refractivity contribution >= 4 is 5.97 Å². The van der Waals surface area contributed by atoms with Gasteiger partial charge in [0.05, 0.1) is 24.4 Å². The number of carbonyl (C=O) groups excluding carboxylic acids is 1. The van der Waals surface area contributed by atoms with Crippen LogP contribution in [0.2, 0.25) is 0 Å². The van der Waals surface area contributed by atoms with Crippen LogP contribution < -0.4 is 0 Å². The summed E-state index contributed by atoms with van der Waals surface area (Å²) in [6.07, 6.45) is -1.78. The Bertz CT molecular complexity index is 422. The fraction of sp³-hybridized carbons (Fsp3) is 0.929. The van der Waals surface area contributed by atoms with Crippen LogP contribution in [-0.4, -0.2) is 70.5 Å². The molecule has 3 saturated heterocycles. The highest BCUT2D eigenvalue weighted by atomic mass is 16.7. The topological polar surface area (TPSA) is 88.5 Å². The molecule has 3 aliphatic heterocycles. The lowest BCUT2D eigenvalue weighted by Crippen LogP contribution is -2.42. The number of aliphatic hydroxyl groups is 2. The zero-order chi connectivity index (χ0) is 15.4. The Morgan fingerprint density at radius 1 is 1.48 bits per heavy atom. The molecule has 7 heteroatoms. The molecule has 2 N–H and O–H groups in total. The van der Waals surface area contributed by atoms with Crippen LogP contribution >= 0.6 is 0 Å². The van der Waals surface area contributed by atoms with Gasteiger partial charge in [-0.3, -0.25) is 9.63 Å². The predicted molar refractivity (Wildman–Crippen MR) is 71.1 cm³/mol. The van der Waals surface area contributed by atoms with E-state index in [-0.39, 0.29) is 23.7 Å². The van der Waals surface area contributed by atoms with E-state index in [0.717, 1.165) is 6.42 Å². The van der Waals surface area contributed by atoms with E-state index in [1.807, 2.05) is 20.8 Å². The first-order valence-corrected chi connectivity index (χ1v) is 7.42. The van der Waals surface area contributed by atoms with Gasteiger partial charge >= 0.3 is 5.97 Å². The summed E-state index contributed by atoms with van der Waals surface area (Å²) in [5.41, 5.74) is -0.300. The summed E-state index contributed by atoms with van der Waals surface area (Å²) in [5, 5.41) is 20.6. The van der Waals surface area contributed by atoms with Gasteiger partial charge in [-0.25, -0.2) is 0 Å². The Kier molecular flexibility index (Phi) is 3.74. The van der Waals surface area contributed by atoms with Crippen LogP contribution in [0.15, 0.2) is 0 Å². The Morgan fingerprint density at radius 3 is 2.81 bits per heavy atom. The molecule has 0 radical (unpaired) electrons. The second-order valence-electron chi connectivity index (χ2n) is 6.94. The molecule has 7 nitrogen and oxygen atoms in total. The first kappa shape index (κ1) is 15.2. The molecule has 3 heterocycles. The van der Waals surface area contributed by atoms with E-state index in [0.29, 0.717) is 6.54 Å². The quantitative estimate of drug-likeness (QED) is 0.676. The molecule has 0 unspecified atom stereocenters. The fourth-order valence-electron chi connectivity index (χ4n) is 3.51. The van der Waals surface area contributed by atoms with Gasteiger partial charge in [-0.15, -0.1) is 0 Å². The highest BCUT2D eigenvalue weighted by Gasteiger charge is 2.63. The Labute approximate surface area is 123 Å². The zero-order valence-corrected chi connectivity index (χ0v) is 12.6. The van der Waals surface area contributed by atoms with Crippen molar-refractivity contribution < 1.29 is 29.3 Å². The number of hydroxylamine groups is 2. The lowest BCUT2D eigenvalue weighted by molar-refractivity contribution is -0.197. The van der Waals surface area contributed by atoms with Crippen LogP contribution in [0.5, 0.6) is 0 Å². The van der Waals surface area contributed by atoms with E-state index in [4.69, 9.17) is 19.4 Å². The van der Waals surface area contributed by atoms with Gasteiger partial charge < -0.3 is 19.7 Å². The molecular weight excluding hydrogens is 278 g/mol. The normalized spacial score (nSPS) is 41.0. The molecular formula is C14H23NO6. The number of esters is 1. The highest BCUT2D eigenvalue weighted by Crippen LogP contribution is 2.44. The van der Waals surface area contributed by atoms with Gasteiger partial charge in [-0.2, -0.15) is 5.06 Å². The number of hydrogen-bond donors (Lipinski definition) is 2. The minimum atomic E-state index is -1.12. The largest absolute Gasteiger partial charge is 0.456 e. The minimum Gasteiger partial charge on any atom is -0.456 e. The molecule has 0 aliphatic carbocycles. The van der Waals surface area contributed by atoms with Crippen LogP contribution in [0.4, 0.5) is 0 Å². The molecule has 3 rings (SSSR count). The maximum absolute atomic E-state index is 12.2. The van der Waals surface area contributed by atoms with Crippen LogP contribution in [0.3, 0.4) is 0 Å². The smallest absolute Gasteiger partial charge is 0.314 e. The number of carbonyl (C=O) groups is 1. The van der Waals surface area contributed by atoms with Crippen LogP contribution in [0, 0.1) is 5.92 Å². The van der Waals surface area contributed by atoms with E-state index in [1.54, 1.807) is 5.06 Å². The number of fused-ring (bicyclic) bond motifs is 3. The van der Waals surface area contributed by atoms with E-state index in [2.05, 4.69) is 0 Å². The van der Waals surface area contributed by atoms with Crippen molar-refractivity contribution in [1.82, 2.24) is 5.06 Å². The molecule has 0 amide bonds. The van der Waals surface area contributed by atoms with Gasteiger partial charge in [-0.1, -0.05) is 0 Å². The van der Waals surface area contributed by atoms with Gasteiger partial charge in [0.15, 0.2) is 6.10 Å². The summed E-state index contributed by atoms with van der Waals surface area (Å²) < 4.78 is 11.3. The summed E-state index contributed by atoms with van der Waals surface area (Å²) >= 11 is 0. The molecule has 0 spiro atoms. The predicted octanol–water partition coefficient (Wildman–Crippen LogP) is -0.547. The van der Waals surface area contributed by atoms with Crippen molar-refractivity contribution in [2.24, 2.45) is 5.92 Å². The van der Waals surface area contributed by atoms with Gasteiger partial charge in [0.25, 0.3) is 0 Å². The van der Waals surface area contributed by atoms with E-state index >= 15 is 0 Å². The molecule has 0 aromatic rings. The fourth-order valence-corrected chi connectivity index (χ4v) is 3.51. The molecule has 0 aromatic carbocycles. The molecule has 0 aromatic heterocycles. The van der Waals surface area contributed by atoms with Gasteiger partial charge in [-0.05, 0) is 27.2 Å². The molecule has 21 heavy (non-hydrogen) atoms. The summed E-state index contributed by atoms with van der Waals surface area (Å²) in [5.74, 6) is -0.847. The second-order valence-corrected chi connectivity index (χ2v) is 6.94. The third kappa shape index (κ3) is 2.57. The average molecular weight is 301 g/mol. The Morgan fingerprint density at radius 2 is 2.19 bits per heavy atom. The Balaban J connectivity index is 1.79. The molecule has 3 fully saturated rings. The number of rotatable bonds is 3. The van der Waals surface area contributed by atoms with Crippen molar-refractivity contribution in [3.05, 3.63) is 0 Å². The van der Waals surface area contributed by atoms with Crippen LogP contribution in [0.1, 0.15) is 27.2 Å². The van der Waals surface area contributed by atoms with Crippen molar-refractivity contribution in [2.75, 3.05) is 13.2 Å². The molecule has 0 bridgehead atoms. The monoisotopic (exact) mass is 301 g/mol. The number of hydrogen-bond acceptors (Lipinski definition) is 7. The maximum atomic E-state index is 12.2.